The number of likely N-dealkylation sites (N-methyl/N-ethyl adjacent to an activating group) is 1. The van der Waals surface area contributed by atoms with Crippen molar-refractivity contribution in [3.05, 3.63) is 70.1 Å². The van der Waals surface area contributed by atoms with E-state index in [1.54, 1.807) is 20.0 Å². The molecular formula is C25H32N3O4+. The molecule has 0 aliphatic carbocycles. The van der Waals surface area contributed by atoms with Gasteiger partial charge in [-0.2, -0.15) is 0 Å². The van der Waals surface area contributed by atoms with Gasteiger partial charge in [-0.3, -0.25) is 14.4 Å². The lowest BCUT2D eigenvalue weighted by Gasteiger charge is -2.40. The lowest BCUT2D eigenvalue weighted by Crippen LogP contribution is -3.15. The van der Waals surface area contributed by atoms with Crippen LogP contribution in [-0.2, 0) is 16.1 Å². The van der Waals surface area contributed by atoms with Gasteiger partial charge in [0.15, 0.2) is 5.78 Å². The summed E-state index contributed by atoms with van der Waals surface area (Å²) in [6.45, 7) is 4.46. The standard InChI is InChI=1S/C25H31N3O4/c1-17(25(32)19-7-4-3-5-8-19)26(2)24(31)12-21(29)16-27-13-18-11-20(15-27)22-9-6-10-23(30)28(22)14-18/h3-10,17-18,20,25,32H,11-16H2,1-2H3/p+1/t17-,18-,20+,25+/m0/s1. The smallest absolute Gasteiger partial charge is 0.250 e. The van der Waals surface area contributed by atoms with E-state index < -0.39 is 12.1 Å². The molecule has 1 unspecified atom stereocenters. The number of nitrogens with one attached hydrogen (secondary N) is 1. The number of hydrogen-bond acceptors (Lipinski definition) is 4. The Balaban J connectivity index is 1.33. The molecule has 2 N–H and O–H groups in total. The molecule has 5 atom stereocenters. The Hall–Kier alpha value is -2.77. The molecule has 7 nitrogen and oxygen atoms in total. The number of piperidine rings is 1. The molecular weight excluding hydrogens is 406 g/mol. The number of aromatic nitrogens is 1. The van der Waals surface area contributed by atoms with Crippen molar-refractivity contribution < 1.29 is 19.6 Å². The number of amides is 1. The van der Waals surface area contributed by atoms with Crippen LogP contribution in [0.25, 0.3) is 0 Å². The monoisotopic (exact) mass is 438 g/mol. The Morgan fingerprint density at radius 2 is 1.91 bits per heavy atom. The van der Waals surface area contributed by atoms with E-state index in [0.717, 1.165) is 30.8 Å². The molecule has 1 aromatic carbocycles. The first-order valence-electron chi connectivity index (χ1n) is 11.4. The fourth-order valence-electron chi connectivity index (χ4n) is 5.27. The van der Waals surface area contributed by atoms with Crippen LogP contribution >= 0.6 is 0 Å². The maximum absolute atomic E-state index is 12.7. The summed E-state index contributed by atoms with van der Waals surface area (Å²) < 4.78 is 1.88. The number of carbonyl (C=O) groups is 2. The Morgan fingerprint density at radius 3 is 2.66 bits per heavy atom. The maximum Gasteiger partial charge on any atom is 0.250 e. The number of benzene rings is 1. The lowest BCUT2D eigenvalue weighted by molar-refractivity contribution is -0.903. The van der Waals surface area contributed by atoms with Gasteiger partial charge >= 0.3 is 0 Å². The van der Waals surface area contributed by atoms with Crippen LogP contribution in [0.15, 0.2) is 53.3 Å². The van der Waals surface area contributed by atoms with Gasteiger partial charge in [-0.05, 0) is 25.0 Å². The summed E-state index contributed by atoms with van der Waals surface area (Å²) in [6.07, 6.45) is 0.0883. The number of rotatable bonds is 7. The molecule has 7 heteroatoms. The number of likely N-dealkylation sites (tertiary alicyclic amines) is 1. The average Bonchev–Trinajstić information content (AvgIpc) is 2.78. The zero-order valence-electron chi connectivity index (χ0n) is 18.7. The van der Waals surface area contributed by atoms with Gasteiger partial charge in [-0.15, -0.1) is 0 Å². The van der Waals surface area contributed by atoms with E-state index in [2.05, 4.69) is 0 Å². The molecule has 4 rings (SSSR count). The number of aliphatic hydroxyl groups excluding tert-OH is 1. The van der Waals surface area contributed by atoms with Gasteiger partial charge in [0.2, 0.25) is 5.91 Å². The predicted octanol–water partition coefficient (Wildman–Crippen LogP) is 0.390. The highest BCUT2D eigenvalue weighted by molar-refractivity contribution is 5.98. The van der Waals surface area contributed by atoms with Crippen LogP contribution in [0.4, 0.5) is 0 Å². The van der Waals surface area contributed by atoms with Crippen molar-refractivity contribution in [3.8, 4) is 0 Å². The maximum atomic E-state index is 12.7. The predicted molar refractivity (Wildman–Crippen MR) is 120 cm³/mol. The highest BCUT2D eigenvalue weighted by Crippen LogP contribution is 2.30. The third-order valence-corrected chi connectivity index (χ3v) is 7.07. The number of pyridine rings is 1. The second-order valence-electron chi connectivity index (χ2n) is 9.35. The molecule has 0 radical (unpaired) electrons. The van der Waals surface area contributed by atoms with E-state index in [0.29, 0.717) is 19.0 Å². The topological polar surface area (TPSA) is 84.1 Å². The molecule has 1 amide bonds. The van der Waals surface area contributed by atoms with E-state index in [1.807, 2.05) is 47.0 Å². The number of nitrogens with zero attached hydrogens (tertiary/aromatic N) is 2. The molecule has 2 aliphatic heterocycles. The molecule has 3 heterocycles. The minimum absolute atomic E-state index is 0.0529. The summed E-state index contributed by atoms with van der Waals surface area (Å²) in [4.78, 5) is 40.3. The largest absolute Gasteiger partial charge is 0.386 e. The number of quaternary nitrogens is 1. The second kappa shape index (κ2) is 9.38. The molecule has 2 aromatic rings. The van der Waals surface area contributed by atoms with E-state index in [9.17, 15) is 19.5 Å². The van der Waals surface area contributed by atoms with Crippen molar-refractivity contribution in [3.63, 3.8) is 0 Å². The summed E-state index contributed by atoms with van der Waals surface area (Å²) in [7, 11) is 1.64. The fourth-order valence-corrected chi connectivity index (χ4v) is 5.27. The molecule has 2 bridgehead atoms. The van der Waals surface area contributed by atoms with Crippen molar-refractivity contribution in [1.82, 2.24) is 9.47 Å². The van der Waals surface area contributed by atoms with Crippen molar-refractivity contribution >= 4 is 11.7 Å². The van der Waals surface area contributed by atoms with Crippen molar-refractivity contribution in [2.24, 2.45) is 5.92 Å². The first-order valence-corrected chi connectivity index (χ1v) is 11.4. The molecule has 0 spiro atoms. The van der Waals surface area contributed by atoms with E-state index in [-0.39, 0.29) is 29.6 Å². The van der Waals surface area contributed by atoms with E-state index >= 15 is 0 Å². The van der Waals surface area contributed by atoms with Crippen LogP contribution in [0.2, 0.25) is 0 Å². The molecule has 1 aromatic heterocycles. The van der Waals surface area contributed by atoms with Crippen LogP contribution in [0.1, 0.15) is 43.0 Å². The molecule has 170 valence electrons. The van der Waals surface area contributed by atoms with E-state index in [1.165, 1.54) is 9.80 Å². The third-order valence-electron chi connectivity index (χ3n) is 7.07. The second-order valence-corrected chi connectivity index (χ2v) is 9.35. The first-order chi connectivity index (χ1) is 15.3. The number of Topliss-reactive ketones (excluding diaryl/α,β-unsaturated/α-hetero) is 1. The van der Waals surface area contributed by atoms with Crippen molar-refractivity contribution in [1.29, 1.82) is 0 Å². The third kappa shape index (κ3) is 4.69. The van der Waals surface area contributed by atoms with Gasteiger partial charge in [0.25, 0.3) is 5.56 Å². The average molecular weight is 439 g/mol. The zero-order chi connectivity index (χ0) is 22.8. The summed E-state index contributed by atoms with van der Waals surface area (Å²) >= 11 is 0. The summed E-state index contributed by atoms with van der Waals surface area (Å²) in [6, 6.07) is 14.2. The van der Waals surface area contributed by atoms with Crippen molar-refractivity contribution in [2.45, 2.75) is 44.4 Å². The Kier molecular flexibility index (Phi) is 6.58. The molecule has 32 heavy (non-hydrogen) atoms. The number of hydrogen-bond donors (Lipinski definition) is 2. The van der Waals surface area contributed by atoms with Gasteiger partial charge in [0, 0.05) is 37.2 Å². The number of carbonyl (C=O) groups excluding carboxylic acids is 2. The van der Waals surface area contributed by atoms with Crippen LogP contribution in [0.3, 0.4) is 0 Å². The number of aliphatic hydroxyl groups is 1. The fraction of sp³-hybridized carbons (Fsp3) is 0.480. The minimum Gasteiger partial charge on any atom is -0.386 e. The Labute approximate surface area is 188 Å². The lowest BCUT2D eigenvalue weighted by atomic mass is 9.83. The van der Waals surface area contributed by atoms with Crippen LogP contribution in [0.5, 0.6) is 0 Å². The van der Waals surface area contributed by atoms with Gasteiger partial charge in [0.05, 0.1) is 31.7 Å². The Morgan fingerprint density at radius 1 is 1.16 bits per heavy atom. The molecule has 0 saturated carbocycles. The highest BCUT2D eigenvalue weighted by Gasteiger charge is 2.38. The van der Waals surface area contributed by atoms with Gasteiger partial charge in [0.1, 0.15) is 6.54 Å². The number of ketones is 1. The summed E-state index contributed by atoms with van der Waals surface area (Å²) in [5.74, 6) is 0.303. The van der Waals surface area contributed by atoms with Crippen LogP contribution in [-0.4, -0.2) is 59.0 Å². The van der Waals surface area contributed by atoms with Crippen LogP contribution in [0, 0.1) is 5.92 Å². The highest BCUT2D eigenvalue weighted by atomic mass is 16.3. The number of fused-ring (bicyclic) bond motifs is 4. The minimum atomic E-state index is -0.809. The molecule has 1 saturated heterocycles. The summed E-state index contributed by atoms with van der Waals surface area (Å²) in [5.41, 5.74) is 1.87. The van der Waals surface area contributed by atoms with E-state index in [4.69, 9.17) is 0 Å². The Bertz CT molecular complexity index is 1030. The first kappa shape index (κ1) is 22.4. The van der Waals surface area contributed by atoms with Gasteiger partial charge in [-0.1, -0.05) is 36.4 Å². The summed E-state index contributed by atoms with van der Waals surface area (Å²) in [5, 5.41) is 10.6. The molecule has 1 fully saturated rings. The van der Waals surface area contributed by atoms with Gasteiger partial charge in [-0.25, -0.2) is 0 Å². The van der Waals surface area contributed by atoms with Crippen molar-refractivity contribution in [2.75, 3.05) is 26.7 Å². The van der Waals surface area contributed by atoms with Gasteiger partial charge < -0.3 is 19.5 Å². The normalized spacial score (nSPS) is 23.7. The molecule has 2 aliphatic rings. The SMILES string of the molecule is C[C@@H]([C@@H](O)c1ccccc1)N(C)C(=O)CC(=O)C[NH+]1C[C@@H]2C[C@H](C1)c1cccc(=O)n1C2. The zero-order valence-corrected chi connectivity index (χ0v) is 18.7. The quantitative estimate of drug-likeness (QED) is 0.613. The van der Waals surface area contributed by atoms with Crippen LogP contribution < -0.4 is 10.5 Å².